The van der Waals surface area contributed by atoms with Gasteiger partial charge in [-0.15, -0.1) is 0 Å². The van der Waals surface area contributed by atoms with E-state index in [0.717, 1.165) is 48.5 Å². The number of aliphatic hydroxyl groups is 7. The number of carboxylic acid groups (broad SMARTS) is 4. The quantitative estimate of drug-likeness (QED) is 0.0252. The zero-order chi connectivity index (χ0) is 85.0. The van der Waals surface area contributed by atoms with Gasteiger partial charge in [-0.2, -0.15) is 0 Å². The van der Waals surface area contributed by atoms with E-state index in [1.54, 1.807) is 0 Å². The van der Waals surface area contributed by atoms with Crippen LogP contribution in [0.2, 0.25) is 0 Å². The van der Waals surface area contributed by atoms with Crippen LogP contribution in [0.4, 0.5) is 0 Å². The topological polar surface area (TPSA) is 717 Å². The maximum Gasteiger partial charge on any atom is 0.326 e. The first-order chi connectivity index (χ1) is 53.2. The molecule has 0 aromatic heterocycles. The minimum atomic E-state index is -2.19. The average molecular weight is 1630 g/mol. The molecule has 4 aliphatic rings. The summed E-state index contributed by atoms with van der Waals surface area (Å²) in [5.74, 6) is -15.5. The molecule has 0 aliphatic carbocycles. The van der Waals surface area contributed by atoms with Crippen LogP contribution in [0.1, 0.15) is 127 Å². The molecular weight excluding hydrogens is 1520 g/mol. The van der Waals surface area contributed by atoms with Gasteiger partial charge in [0.2, 0.25) is 59.1 Å². The van der Waals surface area contributed by atoms with Gasteiger partial charge in [-0.3, -0.25) is 47.9 Å². The van der Waals surface area contributed by atoms with Crippen LogP contribution in [0.3, 0.4) is 0 Å². The van der Waals surface area contributed by atoms with Crippen LogP contribution in [-0.4, -0.2) is 349 Å². The van der Waals surface area contributed by atoms with Crippen LogP contribution in [0.15, 0.2) is 0 Å². The largest absolute Gasteiger partial charge is 0.480 e. The summed E-state index contributed by atoms with van der Waals surface area (Å²) in [6.45, 7) is 6.40. The summed E-state index contributed by atoms with van der Waals surface area (Å²) in [6, 6.07) is -16.2. The third kappa shape index (κ3) is 29.3. The fraction of sp³-hybridized carbons (Fsp3) is 0.791. The normalized spacial score (nSPS) is 29.8. The molecule has 10 amide bonds. The number of nitrogens with one attached hydrogen (secondary N) is 10. The number of rotatable bonds is 46. The van der Waals surface area contributed by atoms with E-state index < -0.39 is 306 Å². The van der Waals surface area contributed by atoms with Gasteiger partial charge in [-0.25, -0.2) is 19.2 Å². The summed E-state index contributed by atoms with van der Waals surface area (Å²) in [4.78, 5) is 181. The molecule has 46 nitrogen and oxygen atoms in total. The van der Waals surface area contributed by atoms with Crippen molar-refractivity contribution in [2.75, 3.05) is 39.5 Å². The van der Waals surface area contributed by atoms with Gasteiger partial charge < -0.3 is 163 Å². The van der Waals surface area contributed by atoms with Crippen molar-refractivity contribution >= 4 is 82.9 Å². The first-order valence-corrected chi connectivity index (χ1v) is 36.7. The second-order valence-corrected chi connectivity index (χ2v) is 27.7. The molecule has 113 heavy (non-hydrogen) atoms. The molecule has 2 unspecified atom stereocenters. The van der Waals surface area contributed by atoms with Crippen LogP contribution in [0.5, 0.6) is 0 Å². The fourth-order valence-electron chi connectivity index (χ4n) is 12.8. The van der Waals surface area contributed by atoms with Crippen molar-refractivity contribution in [1.29, 1.82) is 0 Å². The Bertz CT molecular complexity index is 3200. The molecule has 0 bridgehead atoms. The van der Waals surface area contributed by atoms with E-state index >= 15 is 0 Å². The number of amides is 10. The third-order valence-electron chi connectivity index (χ3n) is 18.7. The number of ether oxygens (including phenoxy) is 9. The van der Waals surface area contributed by atoms with Crippen molar-refractivity contribution in [3.63, 3.8) is 0 Å². The minimum absolute atomic E-state index is 0.0139. The van der Waals surface area contributed by atoms with Gasteiger partial charge in [0.15, 0.2) is 18.9 Å². The molecule has 0 aromatic carbocycles. The number of hydrogen-bond acceptors (Lipinski definition) is 32. The maximum absolute atomic E-state index is 14.3. The highest BCUT2D eigenvalue weighted by atomic mass is 16.8. The van der Waals surface area contributed by atoms with Gasteiger partial charge in [0.25, 0.3) is 0 Å². The molecule has 4 rings (SSSR count). The van der Waals surface area contributed by atoms with Gasteiger partial charge in [-0.1, -0.05) is 0 Å². The number of hydrogen-bond donors (Lipinski definition) is 23. The van der Waals surface area contributed by atoms with Crippen LogP contribution >= 0.6 is 0 Å². The molecule has 0 saturated carbocycles. The lowest BCUT2D eigenvalue weighted by molar-refractivity contribution is -0.363. The molecule has 4 fully saturated rings. The van der Waals surface area contributed by atoms with Crippen LogP contribution in [0, 0.1) is 0 Å². The number of carboxylic acids is 4. The summed E-state index contributed by atoms with van der Waals surface area (Å²) >= 11 is 0. The second kappa shape index (κ2) is 47.0. The molecule has 4 saturated heterocycles. The number of unbranched alkanes of at least 4 members (excludes halogenated alkanes) is 2. The van der Waals surface area contributed by atoms with E-state index in [-0.39, 0.29) is 25.9 Å². The minimum Gasteiger partial charge on any atom is -0.480 e. The van der Waals surface area contributed by atoms with Crippen LogP contribution in [0.25, 0.3) is 0 Å². The van der Waals surface area contributed by atoms with E-state index in [0.29, 0.717) is 25.7 Å². The third-order valence-corrected chi connectivity index (χ3v) is 18.7. The van der Waals surface area contributed by atoms with E-state index in [4.69, 9.17) is 54.1 Å². The number of carbonyl (C=O) groups is 14. The van der Waals surface area contributed by atoms with E-state index in [9.17, 15) is 123 Å². The highest BCUT2D eigenvalue weighted by Gasteiger charge is 2.58. The van der Waals surface area contributed by atoms with Gasteiger partial charge in [0.1, 0.15) is 140 Å². The smallest absolute Gasteiger partial charge is 0.326 e. The molecule has 46 heteroatoms. The first kappa shape index (κ1) is 97.2. The molecule has 4 heterocycles. The lowest BCUT2D eigenvalue weighted by atomic mass is 9.91. The monoisotopic (exact) mass is 1630 g/mol. The lowest BCUT2D eigenvalue weighted by Crippen LogP contribution is -2.72. The SMILES string of the molecule is CC(=O)N[C@H]1[C@H](OC2[C@@H](CO)O[C@@H](C)[C@H](NC(C)=O)[C@H]2O[C@H](C)C(=O)N[C@@H](C)C(=O)N[C@H](CCC(=O)N[C@@H](CCCCN)C(=O)O)C(=O)O)O[C@H](CO)[C@@H](O[C@@H]2O[C@H](CO)C(O[C@@H]3O[C@H](CO)[C@@H](O)[C@H](O)[C@H]3NC(C)=O)[C@H](O[C@H](C)C(=O)N[C@@H](C)C(=O)N[C@H](CCC(=O)N[C@@H](CCCCN)C(=O)O)C(=O)O)[C@H]2NC(C)=O)[C@@H]1O. The molecule has 644 valence electrons. The van der Waals surface area contributed by atoms with Crippen LogP contribution < -0.4 is 64.6 Å². The maximum atomic E-state index is 14.3. The Hall–Kier alpha value is -8.14. The molecular formula is C67H112N12O34. The number of aliphatic hydroxyl groups excluding tert-OH is 7. The number of aliphatic carboxylic acids is 4. The standard InChI is InChI=1S/C67H112N12O34/c1-26(57(93)78-37(63(101)102)16-18-43(88)76-35(61(97)98)14-10-12-20-68)70-59(95)29(4)106-55-45(72-31(6)84)28(3)105-41(24-82)53(55)112-66-47(74-33(8)86)51(92)52(40(23-81)109-66)111-67-48(75-34(9)87)56(54(42(25-83)110-67)113-65-46(73-32(7)85)50(91)49(90)39(22-80)108-65)107-30(5)60(96)71-27(2)58(94)79-38(64(103)104)17-19-44(89)77-36(62(99)100)15-11-13-21-69/h26-30,35-42,45-56,65-67,80-83,90-92H,10-25,68-69H2,1-9H3,(H,70,95)(H,71,96)(H,72,84)(H,73,85)(H,74,86)(H,75,87)(H,76,88)(H,77,89)(H,78,93)(H,79,94)(H,97,98)(H,99,100)(H,101,102)(H,103,104)/t26-,27-,28-,29+,30+,35-,36-,37+,38+,39+,40+,41+,42+,45-,46+,47+,48+,49+,50+,51+,52+,53?,54?,55+,56+,65-,66-,67-/m0/s1. The van der Waals surface area contributed by atoms with Gasteiger partial charge in [0.05, 0.1) is 38.6 Å². The summed E-state index contributed by atoms with van der Waals surface area (Å²) in [7, 11) is 0. The van der Waals surface area contributed by atoms with Crippen molar-refractivity contribution in [2.45, 2.75) is 297 Å². The molecule has 0 aromatic rings. The Morgan fingerprint density at radius 3 is 1.06 bits per heavy atom. The van der Waals surface area contributed by atoms with Crippen molar-refractivity contribution in [3.05, 3.63) is 0 Å². The molecule has 0 radical (unpaired) electrons. The zero-order valence-corrected chi connectivity index (χ0v) is 63.9. The van der Waals surface area contributed by atoms with E-state index in [2.05, 4.69) is 53.2 Å². The predicted octanol–water partition coefficient (Wildman–Crippen LogP) is -10.2. The average Bonchev–Trinajstić information content (AvgIpc) is 0.768. The summed E-state index contributed by atoms with van der Waals surface area (Å²) in [5.41, 5.74) is 11.0. The van der Waals surface area contributed by atoms with Crippen molar-refractivity contribution < 1.29 is 166 Å². The fourth-order valence-corrected chi connectivity index (χ4v) is 12.8. The molecule has 4 aliphatic heterocycles. The number of carbonyl (C=O) groups excluding carboxylic acids is 10. The molecule has 28 atom stereocenters. The van der Waals surface area contributed by atoms with Crippen molar-refractivity contribution in [1.82, 2.24) is 53.2 Å². The Morgan fingerprint density at radius 1 is 0.372 bits per heavy atom. The zero-order valence-electron chi connectivity index (χ0n) is 63.9. The van der Waals surface area contributed by atoms with Gasteiger partial charge in [-0.05, 0) is 99.1 Å². The molecule has 0 spiro atoms. The lowest BCUT2D eigenvalue weighted by Gasteiger charge is -2.52. The molecule has 25 N–H and O–H groups in total. The van der Waals surface area contributed by atoms with Crippen molar-refractivity contribution in [3.8, 4) is 0 Å². The summed E-state index contributed by atoms with van der Waals surface area (Å²) < 4.78 is 56.4. The summed E-state index contributed by atoms with van der Waals surface area (Å²) in [6.07, 6.45) is -33.5. The first-order valence-electron chi connectivity index (χ1n) is 36.7. The number of nitrogens with two attached hydrogens (primary N) is 2. The highest BCUT2D eigenvalue weighted by Crippen LogP contribution is 2.37. The van der Waals surface area contributed by atoms with E-state index in [1.807, 2.05) is 0 Å². The Kier molecular flexibility index (Phi) is 40.5. The second-order valence-electron chi connectivity index (χ2n) is 27.7. The van der Waals surface area contributed by atoms with Gasteiger partial charge >= 0.3 is 23.9 Å². The van der Waals surface area contributed by atoms with Gasteiger partial charge in [0, 0.05) is 40.5 Å². The predicted molar refractivity (Wildman–Crippen MR) is 378 cm³/mol. The summed E-state index contributed by atoms with van der Waals surface area (Å²) in [5, 5.41) is 141. The highest BCUT2D eigenvalue weighted by molar-refractivity contribution is 5.93. The van der Waals surface area contributed by atoms with E-state index in [1.165, 1.54) is 13.8 Å². The Morgan fingerprint density at radius 2 is 0.690 bits per heavy atom. The van der Waals surface area contributed by atoms with Crippen LogP contribution in [-0.2, 0) is 110 Å². The van der Waals surface area contributed by atoms with Crippen molar-refractivity contribution in [2.24, 2.45) is 11.5 Å². The Balaban J connectivity index is 1.71. The Labute approximate surface area is 648 Å².